The number of aromatic nitrogens is 1. The summed E-state index contributed by atoms with van der Waals surface area (Å²) >= 11 is 0. The van der Waals surface area contributed by atoms with Crippen molar-refractivity contribution in [2.75, 3.05) is 18.9 Å². The molecule has 1 aromatic heterocycles. The van der Waals surface area contributed by atoms with Crippen LogP contribution in [-0.2, 0) is 4.79 Å². The number of likely N-dealkylation sites (N-methyl/N-ethyl adjacent to an activating group) is 1. The molecule has 22 heavy (non-hydrogen) atoms. The monoisotopic (exact) mass is 301 g/mol. The Morgan fingerprint density at radius 1 is 1.27 bits per heavy atom. The number of anilines is 1. The quantitative estimate of drug-likeness (QED) is 0.942. The SMILES string of the molecule is Cc1ccc(NC(=O)CN(C)C(=O)c2cccc(F)c2)nc1. The summed E-state index contributed by atoms with van der Waals surface area (Å²) in [6.45, 7) is 1.74. The number of carbonyl (C=O) groups excluding carboxylic acids is 2. The standard InChI is InChI=1S/C16H16FN3O2/c1-11-6-7-14(18-9-11)19-15(21)10-20(2)16(22)12-4-3-5-13(17)8-12/h3-9H,10H2,1-2H3,(H,18,19,21). The molecule has 2 rings (SSSR count). The van der Waals surface area contributed by atoms with Crippen LogP contribution in [0.15, 0.2) is 42.6 Å². The van der Waals surface area contributed by atoms with Gasteiger partial charge in [0.2, 0.25) is 5.91 Å². The Morgan fingerprint density at radius 2 is 2.05 bits per heavy atom. The second-order valence-corrected chi connectivity index (χ2v) is 4.94. The van der Waals surface area contributed by atoms with E-state index >= 15 is 0 Å². The van der Waals surface area contributed by atoms with Gasteiger partial charge in [-0.15, -0.1) is 0 Å². The van der Waals surface area contributed by atoms with Crippen molar-refractivity contribution in [1.82, 2.24) is 9.88 Å². The third-order valence-electron chi connectivity index (χ3n) is 2.98. The Morgan fingerprint density at radius 3 is 2.68 bits per heavy atom. The van der Waals surface area contributed by atoms with Gasteiger partial charge in [0.05, 0.1) is 6.54 Å². The number of amides is 2. The summed E-state index contributed by atoms with van der Waals surface area (Å²) in [5, 5.41) is 2.60. The van der Waals surface area contributed by atoms with Crippen molar-refractivity contribution >= 4 is 17.6 Å². The van der Waals surface area contributed by atoms with E-state index in [0.29, 0.717) is 5.82 Å². The highest BCUT2D eigenvalue weighted by atomic mass is 19.1. The molecule has 2 aromatic rings. The van der Waals surface area contributed by atoms with E-state index in [2.05, 4.69) is 10.3 Å². The largest absolute Gasteiger partial charge is 0.332 e. The fourth-order valence-corrected chi connectivity index (χ4v) is 1.85. The smallest absolute Gasteiger partial charge is 0.254 e. The first kappa shape index (κ1) is 15.6. The van der Waals surface area contributed by atoms with Gasteiger partial charge in [-0.05, 0) is 36.8 Å². The molecule has 0 radical (unpaired) electrons. The lowest BCUT2D eigenvalue weighted by Gasteiger charge is -2.16. The topological polar surface area (TPSA) is 62.3 Å². The summed E-state index contributed by atoms with van der Waals surface area (Å²) in [6.07, 6.45) is 1.64. The van der Waals surface area contributed by atoms with Crippen LogP contribution in [0.4, 0.5) is 10.2 Å². The molecule has 1 aromatic carbocycles. The highest BCUT2D eigenvalue weighted by molar-refractivity contribution is 5.98. The summed E-state index contributed by atoms with van der Waals surface area (Å²) in [5.41, 5.74) is 1.18. The first-order valence-corrected chi connectivity index (χ1v) is 6.69. The van der Waals surface area contributed by atoms with Crippen molar-refractivity contribution in [2.45, 2.75) is 6.92 Å². The van der Waals surface area contributed by atoms with E-state index in [4.69, 9.17) is 0 Å². The number of halogens is 1. The predicted molar refractivity (Wildman–Crippen MR) is 81.0 cm³/mol. The molecule has 0 saturated heterocycles. The number of hydrogen-bond donors (Lipinski definition) is 1. The number of hydrogen-bond acceptors (Lipinski definition) is 3. The second-order valence-electron chi connectivity index (χ2n) is 4.94. The zero-order chi connectivity index (χ0) is 16.1. The van der Waals surface area contributed by atoms with Crippen LogP contribution in [0.5, 0.6) is 0 Å². The molecule has 1 heterocycles. The van der Waals surface area contributed by atoms with Crippen molar-refractivity contribution < 1.29 is 14.0 Å². The van der Waals surface area contributed by atoms with Crippen LogP contribution >= 0.6 is 0 Å². The molecular weight excluding hydrogens is 285 g/mol. The zero-order valence-corrected chi connectivity index (χ0v) is 12.3. The van der Waals surface area contributed by atoms with Gasteiger partial charge in [0.25, 0.3) is 5.91 Å². The summed E-state index contributed by atoms with van der Waals surface area (Å²) in [7, 11) is 1.48. The van der Waals surface area contributed by atoms with Crippen molar-refractivity contribution in [1.29, 1.82) is 0 Å². The number of carbonyl (C=O) groups is 2. The Balaban J connectivity index is 1.96. The Kier molecular flexibility index (Phi) is 4.83. The maximum absolute atomic E-state index is 13.1. The van der Waals surface area contributed by atoms with E-state index in [0.717, 1.165) is 11.6 Å². The third-order valence-corrected chi connectivity index (χ3v) is 2.98. The highest BCUT2D eigenvalue weighted by Gasteiger charge is 2.15. The minimum Gasteiger partial charge on any atom is -0.332 e. The van der Waals surface area contributed by atoms with Gasteiger partial charge < -0.3 is 10.2 Å². The zero-order valence-electron chi connectivity index (χ0n) is 12.3. The van der Waals surface area contributed by atoms with Crippen molar-refractivity contribution in [2.24, 2.45) is 0 Å². The molecule has 0 fully saturated rings. The summed E-state index contributed by atoms with van der Waals surface area (Å²) in [5.74, 6) is -0.870. The number of pyridine rings is 1. The van der Waals surface area contributed by atoms with E-state index in [1.165, 1.54) is 30.1 Å². The van der Waals surface area contributed by atoms with Gasteiger partial charge >= 0.3 is 0 Å². The molecule has 0 aliphatic rings. The summed E-state index contributed by atoms with van der Waals surface area (Å²) in [4.78, 5) is 29.3. The number of nitrogens with one attached hydrogen (secondary N) is 1. The van der Waals surface area contributed by atoms with Gasteiger partial charge in [0, 0.05) is 18.8 Å². The molecule has 114 valence electrons. The van der Waals surface area contributed by atoms with Gasteiger partial charge in [-0.1, -0.05) is 12.1 Å². The molecule has 1 N–H and O–H groups in total. The van der Waals surface area contributed by atoms with Gasteiger partial charge in [0.15, 0.2) is 0 Å². The number of rotatable bonds is 4. The molecule has 5 nitrogen and oxygen atoms in total. The molecule has 0 atom stereocenters. The first-order chi connectivity index (χ1) is 10.5. The number of aryl methyl sites for hydroxylation is 1. The van der Waals surface area contributed by atoms with Gasteiger partial charge in [-0.25, -0.2) is 9.37 Å². The maximum Gasteiger partial charge on any atom is 0.254 e. The Labute approximate surface area is 127 Å². The van der Waals surface area contributed by atoms with Gasteiger partial charge in [-0.2, -0.15) is 0 Å². The van der Waals surface area contributed by atoms with Crippen LogP contribution in [0.2, 0.25) is 0 Å². The molecular formula is C16H16FN3O2. The number of nitrogens with zero attached hydrogens (tertiary/aromatic N) is 2. The van der Waals surface area contributed by atoms with E-state index < -0.39 is 11.7 Å². The Bertz CT molecular complexity index is 686. The highest BCUT2D eigenvalue weighted by Crippen LogP contribution is 2.07. The van der Waals surface area contributed by atoms with Crippen LogP contribution in [0.1, 0.15) is 15.9 Å². The molecule has 0 saturated carbocycles. The van der Waals surface area contributed by atoms with Crippen LogP contribution in [-0.4, -0.2) is 35.3 Å². The van der Waals surface area contributed by atoms with E-state index in [-0.39, 0.29) is 18.0 Å². The predicted octanol–water partition coefficient (Wildman–Crippen LogP) is 2.24. The fourth-order valence-electron chi connectivity index (χ4n) is 1.85. The van der Waals surface area contributed by atoms with Crippen LogP contribution in [0.3, 0.4) is 0 Å². The Hall–Kier alpha value is -2.76. The molecule has 0 aliphatic carbocycles. The molecule has 0 unspecified atom stereocenters. The van der Waals surface area contributed by atoms with Gasteiger partial charge in [0.1, 0.15) is 11.6 Å². The normalized spacial score (nSPS) is 10.1. The lowest BCUT2D eigenvalue weighted by molar-refractivity contribution is -0.116. The maximum atomic E-state index is 13.1. The summed E-state index contributed by atoms with van der Waals surface area (Å²) in [6, 6.07) is 8.85. The average molecular weight is 301 g/mol. The molecule has 6 heteroatoms. The molecule has 0 bridgehead atoms. The lowest BCUT2D eigenvalue weighted by atomic mass is 10.2. The minimum atomic E-state index is -0.493. The molecule has 0 spiro atoms. The minimum absolute atomic E-state index is 0.148. The average Bonchev–Trinajstić information content (AvgIpc) is 2.48. The lowest BCUT2D eigenvalue weighted by Crippen LogP contribution is -2.35. The fraction of sp³-hybridized carbons (Fsp3) is 0.188. The summed E-state index contributed by atoms with van der Waals surface area (Å²) < 4.78 is 13.1. The van der Waals surface area contributed by atoms with Crippen molar-refractivity contribution in [3.63, 3.8) is 0 Å². The van der Waals surface area contributed by atoms with Crippen LogP contribution < -0.4 is 5.32 Å². The van der Waals surface area contributed by atoms with Crippen molar-refractivity contribution in [3.8, 4) is 0 Å². The van der Waals surface area contributed by atoms with E-state index in [9.17, 15) is 14.0 Å². The van der Waals surface area contributed by atoms with E-state index in [1.807, 2.05) is 13.0 Å². The van der Waals surface area contributed by atoms with Crippen molar-refractivity contribution in [3.05, 3.63) is 59.5 Å². The molecule has 2 amide bonds. The second kappa shape index (κ2) is 6.80. The van der Waals surface area contributed by atoms with Gasteiger partial charge in [-0.3, -0.25) is 9.59 Å². The third kappa shape index (κ3) is 4.12. The van der Waals surface area contributed by atoms with E-state index in [1.54, 1.807) is 12.3 Å². The van der Waals surface area contributed by atoms with Crippen LogP contribution in [0, 0.1) is 12.7 Å². The number of benzene rings is 1. The van der Waals surface area contributed by atoms with Crippen LogP contribution in [0.25, 0.3) is 0 Å². The first-order valence-electron chi connectivity index (χ1n) is 6.69. The molecule has 0 aliphatic heterocycles.